The molecule has 0 atom stereocenters. The van der Waals surface area contributed by atoms with E-state index < -0.39 is 0 Å². The fourth-order valence-corrected chi connectivity index (χ4v) is 2.98. The Morgan fingerprint density at radius 2 is 1.35 bits per heavy atom. The summed E-state index contributed by atoms with van der Waals surface area (Å²) < 4.78 is 0. The van der Waals surface area contributed by atoms with Crippen molar-refractivity contribution in [1.82, 2.24) is 4.90 Å². The van der Waals surface area contributed by atoms with Crippen molar-refractivity contribution in [2.45, 2.75) is 25.9 Å². The van der Waals surface area contributed by atoms with Gasteiger partial charge in [0.1, 0.15) is 0 Å². The first-order chi connectivity index (χ1) is 9.88. The molecule has 0 saturated heterocycles. The van der Waals surface area contributed by atoms with Crippen LogP contribution >= 0.6 is 0 Å². The molecule has 20 heavy (non-hydrogen) atoms. The first-order valence-corrected chi connectivity index (χ1v) is 7.38. The van der Waals surface area contributed by atoms with Crippen molar-refractivity contribution < 1.29 is 5.11 Å². The number of unbranched alkanes of at least 4 members (excludes halogenated alkanes) is 1. The highest BCUT2D eigenvalue weighted by molar-refractivity contribution is 5.71. The SMILES string of the molecule is OCCCCN1Cc2ccccc2-c2ccccc2C1. The van der Waals surface area contributed by atoms with Crippen molar-refractivity contribution >= 4 is 0 Å². The molecule has 1 heterocycles. The smallest absolute Gasteiger partial charge is 0.0431 e. The van der Waals surface area contributed by atoms with Crippen LogP contribution in [0.4, 0.5) is 0 Å². The standard InChI is InChI=1S/C18H21NO/c20-12-6-5-11-19-13-15-7-1-3-9-17(15)18-10-4-2-8-16(18)14-19/h1-4,7-10,20H,5-6,11-14H2. The molecule has 2 heteroatoms. The predicted molar refractivity (Wildman–Crippen MR) is 82.3 cm³/mol. The molecule has 2 aromatic carbocycles. The van der Waals surface area contributed by atoms with E-state index in [9.17, 15) is 0 Å². The van der Waals surface area contributed by atoms with Crippen molar-refractivity contribution in [1.29, 1.82) is 0 Å². The van der Waals surface area contributed by atoms with Crippen molar-refractivity contribution in [3.63, 3.8) is 0 Å². The molecule has 0 aromatic heterocycles. The Morgan fingerprint density at radius 3 is 1.90 bits per heavy atom. The van der Waals surface area contributed by atoms with Gasteiger partial charge in [-0.3, -0.25) is 4.90 Å². The first-order valence-electron chi connectivity index (χ1n) is 7.38. The van der Waals surface area contributed by atoms with Crippen LogP contribution in [0.5, 0.6) is 0 Å². The maximum absolute atomic E-state index is 8.95. The monoisotopic (exact) mass is 267 g/mol. The summed E-state index contributed by atoms with van der Waals surface area (Å²) in [7, 11) is 0. The molecule has 1 aliphatic heterocycles. The Morgan fingerprint density at radius 1 is 0.800 bits per heavy atom. The largest absolute Gasteiger partial charge is 0.396 e. The molecule has 2 aromatic rings. The van der Waals surface area contributed by atoms with E-state index in [1.807, 2.05) is 0 Å². The summed E-state index contributed by atoms with van der Waals surface area (Å²) in [5.74, 6) is 0. The highest BCUT2D eigenvalue weighted by atomic mass is 16.2. The molecule has 2 nitrogen and oxygen atoms in total. The zero-order chi connectivity index (χ0) is 13.8. The summed E-state index contributed by atoms with van der Waals surface area (Å²) in [6.07, 6.45) is 1.95. The van der Waals surface area contributed by atoms with E-state index in [1.54, 1.807) is 0 Å². The number of aliphatic hydroxyl groups excluding tert-OH is 1. The minimum absolute atomic E-state index is 0.293. The van der Waals surface area contributed by atoms with Gasteiger partial charge in [0, 0.05) is 19.7 Å². The van der Waals surface area contributed by atoms with Crippen LogP contribution in [0, 0.1) is 0 Å². The third-order valence-electron chi connectivity index (χ3n) is 4.00. The van der Waals surface area contributed by atoms with Crippen LogP contribution < -0.4 is 0 Å². The molecule has 0 aliphatic carbocycles. The van der Waals surface area contributed by atoms with Gasteiger partial charge in [-0.2, -0.15) is 0 Å². The third kappa shape index (κ3) is 2.77. The zero-order valence-corrected chi connectivity index (χ0v) is 11.8. The number of hydrogen-bond donors (Lipinski definition) is 1. The Hall–Kier alpha value is -1.64. The van der Waals surface area contributed by atoms with E-state index in [-0.39, 0.29) is 0 Å². The molecule has 0 amide bonds. The van der Waals surface area contributed by atoms with Gasteiger partial charge in [-0.1, -0.05) is 48.5 Å². The number of fused-ring (bicyclic) bond motifs is 3. The second-order valence-corrected chi connectivity index (χ2v) is 5.46. The number of rotatable bonds is 4. The normalized spacial score (nSPS) is 14.4. The fourth-order valence-electron chi connectivity index (χ4n) is 2.98. The van der Waals surface area contributed by atoms with Gasteiger partial charge < -0.3 is 5.11 Å². The molecular weight excluding hydrogens is 246 g/mol. The van der Waals surface area contributed by atoms with Gasteiger partial charge in [-0.25, -0.2) is 0 Å². The highest BCUT2D eigenvalue weighted by Crippen LogP contribution is 2.32. The second-order valence-electron chi connectivity index (χ2n) is 5.46. The third-order valence-corrected chi connectivity index (χ3v) is 4.00. The van der Waals surface area contributed by atoms with Gasteiger partial charge in [-0.05, 0) is 41.6 Å². The van der Waals surface area contributed by atoms with E-state index in [4.69, 9.17) is 5.11 Å². The van der Waals surface area contributed by atoms with Gasteiger partial charge in [0.15, 0.2) is 0 Å². The molecule has 0 fully saturated rings. The topological polar surface area (TPSA) is 23.5 Å². The first kappa shape index (κ1) is 13.3. The van der Waals surface area contributed by atoms with Gasteiger partial charge in [-0.15, -0.1) is 0 Å². The molecule has 0 unspecified atom stereocenters. The summed E-state index contributed by atoms with van der Waals surface area (Å²) in [5, 5.41) is 8.95. The Bertz CT molecular complexity index is 532. The minimum Gasteiger partial charge on any atom is -0.396 e. The highest BCUT2D eigenvalue weighted by Gasteiger charge is 2.18. The molecule has 104 valence electrons. The summed E-state index contributed by atoms with van der Waals surface area (Å²) >= 11 is 0. The van der Waals surface area contributed by atoms with Crippen molar-refractivity contribution in [2.24, 2.45) is 0 Å². The van der Waals surface area contributed by atoms with Crippen LogP contribution in [0.3, 0.4) is 0 Å². The van der Waals surface area contributed by atoms with Crippen LogP contribution in [-0.2, 0) is 13.1 Å². The average Bonchev–Trinajstić information content (AvgIpc) is 2.64. The molecule has 1 aliphatic rings. The van der Waals surface area contributed by atoms with E-state index >= 15 is 0 Å². The van der Waals surface area contributed by atoms with E-state index in [2.05, 4.69) is 53.4 Å². The van der Waals surface area contributed by atoms with Crippen LogP contribution in [0.1, 0.15) is 24.0 Å². The predicted octanol–water partition coefficient (Wildman–Crippen LogP) is 3.44. The van der Waals surface area contributed by atoms with Gasteiger partial charge in [0.2, 0.25) is 0 Å². The maximum atomic E-state index is 8.95. The van der Waals surface area contributed by atoms with Crippen LogP contribution in [0.2, 0.25) is 0 Å². The minimum atomic E-state index is 0.293. The summed E-state index contributed by atoms with van der Waals surface area (Å²) in [6, 6.07) is 17.4. The molecule has 3 rings (SSSR count). The molecule has 1 N–H and O–H groups in total. The number of hydrogen-bond acceptors (Lipinski definition) is 2. The average molecular weight is 267 g/mol. The quantitative estimate of drug-likeness (QED) is 0.858. The maximum Gasteiger partial charge on any atom is 0.0431 e. The van der Waals surface area contributed by atoms with Crippen molar-refractivity contribution in [3.8, 4) is 11.1 Å². The lowest BCUT2D eigenvalue weighted by atomic mass is 9.97. The number of aliphatic hydroxyl groups is 1. The lowest BCUT2D eigenvalue weighted by Gasteiger charge is -2.20. The van der Waals surface area contributed by atoms with Crippen LogP contribution in [0.15, 0.2) is 48.5 Å². The lowest BCUT2D eigenvalue weighted by molar-refractivity contribution is 0.232. The lowest BCUT2D eigenvalue weighted by Crippen LogP contribution is -2.23. The van der Waals surface area contributed by atoms with Gasteiger partial charge in [0.05, 0.1) is 0 Å². The molecule has 0 radical (unpaired) electrons. The Kier molecular flexibility index (Phi) is 4.14. The fraction of sp³-hybridized carbons (Fsp3) is 0.333. The van der Waals surface area contributed by atoms with Crippen LogP contribution in [0.25, 0.3) is 11.1 Å². The van der Waals surface area contributed by atoms with Gasteiger partial charge in [0.25, 0.3) is 0 Å². The Balaban J connectivity index is 1.92. The van der Waals surface area contributed by atoms with E-state index in [0.717, 1.165) is 32.5 Å². The van der Waals surface area contributed by atoms with Gasteiger partial charge >= 0.3 is 0 Å². The van der Waals surface area contributed by atoms with Crippen LogP contribution in [-0.4, -0.2) is 23.2 Å². The second kappa shape index (κ2) is 6.21. The molecule has 0 saturated carbocycles. The zero-order valence-electron chi connectivity index (χ0n) is 11.8. The van der Waals surface area contributed by atoms with Crippen molar-refractivity contribution in [3.05, 3.63) is 59.7 Å². The molecule has 0 bridgehead atoms. The van der Waals surface area contributed by atoms with E-state index in [1.165, 1.54) is 22.3 Å². The van der Waals surface area contributed by atoms with Crippen molar-refractivity contribution in [2.75, 3.05) is 13.2 Å². The Labute approximate surface area is 120 Å². The summed E-state index contributed by atoms with van der Waals surface area (Å²) in [6.45, 7) is 3.33. The summed E-state index contributed by atoms with van der Waals surface area (Å²) in [4.78, 5) is 2.49. The number of benzene rings is 2. The molecular formula is C18H21NO. The van der Waals surface area contributed by atoms with E-state index in [0.29, 0.717) is 6.61 Å². The number of nitrogens with zero attached hydrogens (tertiary/aromatic N) is 1. The summed E-state index contributed by atoms with van der Waals surface area (Å²) in [5.41, 5.74) is 5.54. The molecule has 0 spiro atoms.